The number of carbonyl (C=O) groups is 1. The Morgan fingerprint density at radius 3 is 2.76 bits per heavy atom. The van der Waals surface area contributed by atoms with Crippen molar-refractivity contribution in [2.45, 2.75) is 26.0 Å². The molecule has 0 spiro atoms. The molecule has 8 heteroatoms. The van der Waals surface area contributed by atoms with Crippen LogP contribution in [0.3, 0.4) is 0 Å². The third-order valence-corrected chi connectivity index (χ3v) is 4.80. The van der Waals surface area contributed by atoms with Crippen molar-refractivity contribution in [1.29, 1.82) is 0 Å². The molecule has 0 saturated carbocycles. The summed E-state index contributed by atoms with van der Waals surface area (Å²) < 4.78 is 8.35. The number of rotatable bonds is 6. The Bertz CT molecular complexity index is 706. The van der Waals surface area contributed by atoms with Crippen LogP contribution >= 0.6 is 15.9 Å². The third kappa shape index (κ3) is 4.71. The summed E-state index contributed by atoms with van der Waals surface area (Å²) in [4.78, 5) is 16.6. The summed E-state index contributed by atoms with van der Waals surface area (Å²) in [6.07, 6.45) is 4.02. The first-order valence-electron chi connectivity index (χ1n) is 8.51. The van der Waals surface area contributed by atoms with E-state index in [0.717, 1.165) is 24.0 Å². The van der Waals surface area contributed by atoms with Gasteiger partial charge in [0.1, 0.15) is 5.76 Å². The van der Waals surface area contributed by atoms with Crippen molar-refractivity contribution in [3.8, 4) is 0 Å². The number of halogens is 1. The summed E-state index contributed by atoms with van der Waals surface area (Å²) in [5, 5.41) is 13.9. The fourth-order valence-corrected chi connectivity index (χ4v) is 3.21. The molecule has 136 valence electrons. The van der Waals surface area contributed by atoms with Crippen molar-refractivity contribution in [2.24, 2.45) is 0 Å². The van der Waals surface area contributed by atoms with Gasteiger partial charge in [-0.25, -0.2) is 0 Å². The molecule has 1 fully saturated rings. The SMILES string of the molecule is CCC(O)CN1CCN(C(=O)c2ccc(Cn3cc(Br)cn3)o2)CC1. The van der Waals surface area contributed by atoms with Crippen molar-refractivity contribution in [2.75, 3.05) is 32.7 Å². The molecule has 1 atom stereocenters. The number of aliphatic hydroxyl groups is 1. The molecule has 7 nitrogen and oxygen atoms in total. The molecule has 3 rings (SSSR count). The lowest BCUT2D eigenvalue weighted by atomic mass is 10.2. The Labute approximate surface area is 155 Å². The van der Waals surface area contributed by atoms with Crippen LogP contribution in [0.15, 0.2) is 33.4 Å². The molecule has 0 aliphatic carbocycles. The molecule has 0 aromatic carbocycles. The van der Waals surface area contributed by atoms with E-state index in [4.69, 9.17) is 4.42 Å². The predicted molar refractivity (Wildman–Crippen MR) is 96.4 cm³/mol. The number of hydrogen-bond acceptors (Lipinski definition) is 5. The van der Waals surface area contributed by atoms with Gasteiger partial charge in [-0.2, -0.15) is 5.10 Å². The van der Waals surface area contributed by atoms with Crippen LogP contribution < -0.4 is 0 Å². The van der Waals surface area contributed by atoms with Crippen LogP contribution in [0, 0.1) is 0 Å². The van der Waals surface area contributed by atoms with Gasteiger partial charge in [-0.1, -0.05) is 6.92 Å². The van der Waals surface area contributed by atoms with Crippen molar-refractivity contribution in [3.63, 3.8) is 0 Å². The molecule has 1 N–H and O–H groups in total. The maximum absolute atomic E-state index is 12.6. The fraction of sp³-hybridized carbons (Fsp3) is 0.529. The predicted octanol–water partition coefficient (Wildman–Crippen LogP) is 1.82. The summed E-state index contributed by atoms with van der Waals surface area (Å²) >= 11 is 3.36. The molecule has 1 unspecified atom stereocenters. The molecule has 3 heterocycles. The summed E-state index contributed by atoms with van der Waals surface area (Å²) in [6.45, 7) is 5.98. The van der Waals surface area contributed by atoms with E-state index in [-0.39, 0.29) is 12.0 Å². The number of carbonyl (C=O) groups excluding carboxylic acids is 1. The smallest absolute Gasteiger partial charge is 0.289 e. The van der Waals surface area contributed by atoms with Gasteiger partial charge in [0.2, 0.25) is 0 Å². The zero-order valence-electron chi connectivity index (χ0n) is 14.3. The van der Waals surface area contributed by atoms with Crippen LogP contribution in [0.25, 0.3) is 0 Å². The topological polar surface area (TPSA) is 74.7 Å². The second-order valence-electron chi connectivity index (χ2n) is 6.28. The number of furan rings is 1. The first-order chi connectivity index (χ1) is 12.0. The van der Waals surface area contributed by atoms with Gasteiger partial charge < -0.3 is 14.4 Å². The summed E-state index contributed by atoms with van der Waals surface area (Å²) in [5.74, 6) is 0.982. The molecule has 1 aliphatic heterocycles. The van der Waals surface area contributed by atoms with Crippen molar-refractivity contribution in [1.82, 2.24) is 19.6 Å². The second-order valence-corrected chi connectivity index (χ2v) is 7.19. The van der Waals surface area contributed by atoms with Gasteiger partial charge in [0.15, 0.2) is 5.76 Å². The van der Waals surface area contributed by atoms with Gasteiger partial charge in [-0.05, 0) is 34.5 Å². The molecule has 1 saturated heterocycles. The first kappa shape index (κ1) is 18.2. The van der Waals surface area contributed by atoms with E-state index >= 15 is 0 Å². The van der Waals surface area contributed by atoms with Crippen molar-refractivity contribution >= 4 is 21.8 Å². The minimum atomic E-state index is -0.294. The number of aromatic nitrogens is 2. The van der Waals surface area contributed by atoms with Crippen LogP contribution in [-0.2, 0) is 6.54 Å². The highest BCUT2D eigenvalue weighted by molar-refractivity contribution is 9.10. The lowest BCUT2D eigenvalue weighted by molar-refractivity contribution is 0.0498. The number of aliphatic hydroxyl groups excluding tert-OH is 1. The molecular formula is C17H23BrN4O3. The zero-order chi connectivity index (χ0) is 17.8. The highest BCUT2D eigenvalue weighted by Crippen LogP contribution is 2.15. The monoisotopic (exact) mass is 410 g/mol. The van der Waals surface area contributed by atoms with Crippen molar-refractivity contribution < 1.29 is 14.3 Å². The molecule has 1 aliphatic rings. The highest BCUT2D eigenvalue weighted by atomic mass is 79.9. The minimum absolute atomic E-state index is 0.0800. The highest BCUT2D eigenvalue weighted by Gasteiger charge is 2.25. The lowest BCUT2D eigenvalue weighted by Crippen LogP contribution is -2.50. The summed E-state index contributed by atoms with van der Waals surface area (Å²) in [5.41, 5.74) is 0. The van der Waals surface area contributed by atoms with Crippen LogP contribution in [0.2, 0.25) is 0 Å². The van der Waals surface area contributed by atoms with E-state index in [1.165, 1.54) is 0 Å². The van der Waals surface area contributed by atoms with E-state index in [2.05, 4.69) is 25.9 Å². The van der Waals surface area contributed by atoms with E-state index in [0.29, 0.717) is 37.7 Å². The van der Waals surface area contributed by atoms with Gasteiger partial charge in [0, 0.05) is 38.9 Å². The van der Waals surface area contributed by atoms with Crippen LogP contribution in [-0.4, -0.2) is 69.4 Å². The largest absolute Gasteiger partial charge is 0.454 e. The van der Waals surface area contributed by atoms with Crippen molar-refractivity contribution in [3.05, 3.63) is 40.5 Å². The number of amides is 1. The normalized spacial score (nSPS) is 17.0. The molecule has 2 aromatic heterocycles. The standard InChI is InChI=1S/C17H23BrN4O3/c1-2-14(23)11-20-5-7-21(8-6-20)17(24)16-4-3-15(25-16)12-22-10-13(18)9-19-22/h3-4,9-10,14,23H,2,5-8,11-12H2,1H3. The van der Waals surface area contributed by atoms with Gasteiger partial charge >= 0.3 is 0 Å². The van der Waals surface area contributed by atoms with Crippen LogP contribution in [0.5, 0.6) is 0 Å². The number of piperazine rings is 1. The fourth-order valence-electron chi connectivity index (χ4n) is 2.88. The maximum Gasteiger partial charge on any atom is 0.289 e. The Kier molecular flexibility index (Phi) is 5.93. The Balaban J connectivity index is 1.54. The number of hydrogen-bond donors (Lipinski definition) is 1. The van der Waals surface area contributed by atoms with Gasteiger partial charge in [0.25, 0.3) is 5.91 Å². The van der Waals surface area contributed by atoms with E-state index < -0.39 is 0 Å². The van der Waals surface area contributed by atoms with Gasteiger partial charge in [0.05, 0.1) is 23.3 Å². The number of nitrogens with zero attached hydrogens (tertiary/aromatic N) is 4. The molecule has 0 radical (unpaired) electrons. The van der Waals surface area contributed by atoms with E-state index in [9.17, 15) is 9.90 Å². The second kappa shape index (κ2) is 8.16. The average Bonchev–Trinajstić information content (AvgIpc) is 3.24. The van der Waals surface area contributed by atoms with E-state index in [1.807, 2.05) is 24.1 Å². The molecule has 2 aromatic rings. The molecule has 25 heavy (non-hydrogen) atoms. The molecule has 1 amide bonds. The summed E-state index contributed by atoms with van der Waals surface area (Å²) in [6, 6.07) is 3.54. The van der Waals surface area contributed by atoms with Gasteiger partial charge in [-0.15, -0.1) is 0 Å². The number of β-amino-alcohol motifs (C(OH)–C–C–N with tert-alkyl or cyclic N) is 1. The molecular weight excluding hydrogens is 388 g/mol. The average molecular weight is 411 g/mol. The minimum Gasteiger partial charge on any atom is -0.454 e. The maximum atomic E-state index is 12.6. The zero-order valence-corrected chi connectivity index (χ0v) is 15.9. The summed E-state index contributed by atoms with van der Waals surface area (Å²) in [7, 11) is 0. The Morgan fingerprint density at radius 2 is 2.12 bits per heavy atom. The Morgan fingerprint density at radius 1 is 1.36 bits per heavy atom. The Hall–Kier alpha value is -1.64. The lowest BCUT2D eigenvalue weighted by Gasteiger charge is -2.35. The van der Waals surface area contributed by atoms with Crippen LogP contribution in [0.4, 0.5) is 0 Å². The molecule has 0 bridgehead atoms. The van der Waals surface area contributed by atoms with Crippen LogP contribution in [0.1, 0.15) is 29.7 Å². The van der Waals surface area contributed by atoms with Gasteiger partial charge in [-0.3, -0.25) is 14.4 Å². The quantitative estimate of drug-likeness (QED) is 0.785. The van der Waals surface area contributed by atoms with E-state index in [1.54, 1.807) is 16.9 Å². The third-order valence-electron chi connectivity index (χ3n) is 4.39. The first-order valence-corrected chi connectivity index (χ1v) is 9.31.